The summed E-state index contributed by atoms with van der Waals surface area (Å²) in [5.41, 5.74) is -2.24. The Balaban J connectivity index is 2.28. The van der Waals surface area contributed by atoms with E-state index in [9.17, 15) is 19.9 Å². The summed E-state index contributed by atoms with van der Waals surface area (Å²) >= 11 is 0. The van der Waals surface area contributed by atoms with Gasteiger partial charge in [-0.15, -0.1) is 0 Å². The van der Waals surface area contributed by atoms with E-state index in [0.717, 1.165) is 0 Å². The maximum atomic E-state index is 11.7. The predicted octanol–water partition coefficient (Wildman–Crippen LogP) is 0.241. The van der Waals surface area contributed by atoms with Crippen LogP contribution in [0.15, 0.2) is 0 Å². The van der Waals surface area contributed by atoms with Gasteiger partial charge in [-0.05, 0) is 32.0 Å². The van der Waals surface area contributed by atoms with Crippen molar-refractivity contribution < 1.29 is 19.9 Å². The average molecular weight is 243 g/mol. The number of rotatable bonds is 3. The van der Waals surface area contributed by atoms with Gasteiger partial charge in [-0.3, -0.25) is 0 Å². The minimum atomic E-state index is -1.77. The Hall–Kier alpha value is 0.0449. The molecule has 0 bridgehead atoms. The Labute approximate surface area is 97.3 Å². The molecule has 3 N–H and O–H groups in total. The van der Waals surface area contributed by atoms with Gasteiger partial charge < -0.3 is 15.3 Å². The van der Waals surface area contributed by atoms with Gasteiger partial charge in [-0.1, -0.05) is 4.57 Å². The summed E-state index contributed by atoms with van der Waals surface area (Å²) in [5, 5.41) is 30.1. The second kappa shape index (κ2) is 3.52. The SMILES string of the molecule is [B][C@@H]1C2C[C@@]2(C(O)[P+](=O)CC)[C@@H](O)[C@@]1(C)O. The Morgan fingerprint density at radius 2 is 2.19 bits per heavy atom. The maximum Gasteiger partial charge on any atom is 0.370 e. The van der Waals surface area contributed by atoms with Crippen molar-refractivity contribution in [2.75, 3.05) is 6.16 Å². The minimum Gasteiger partial charge on any atom is -0.389 e. The first-order valence-corrected chi connectivity index (χ1v) is 7.09. The fraction of sp³-hybridized carbons (Fsp3) is 1.00. The van der Waals surface area contributed by atoms with Crippen molar-refractivity contribution in [3.8, 4) is 0 Å². The van der Waals surface area contributed by atoms with Crippen molar-refractivity contribution in [3.63, 3.8) is 0 Å². The van der Waals surface area contributed by atoms with Gasteiger partial charge in [0.25, 0.3) is 5.85 Å². The van der Waals surface area contributed by atoms with Crippen molar-refractivity contribution >= 4 is 15.6 Å². The third kappa shape index (κ3) is 1.29. The standard InChI is InChI=1S/C10H17BO4P/c1-3-16(15)8(13)10-4-5(10)6(11)9(2,14)7(10)12/h5-8,12-14H,3-4H2,1-2H3/q+1/t5?,6-,7+,8?,9+,10+/m1/s1. The second-order valence-corrected chi connectivity index (χ2v) is 7.14. The summed E-state index contributed by atoms with van der Waals surface area (Å²) in [6.07, 6.45) is -0.177. The first-order chi connectivity index (χ1) is 7.30. The molecule has 0 saturated heterocycles. The maximum absolute atomic E-state index is 11.7. The smallest absolute Gasteiger partial charge is 0.370 e. The molecule has 88 valence electrons. The second-order valence-electron chi connectivity index (χ2n) is 5.18. The lowest BCUT2D eigenvalue weighted by Gasteiger charge is -2.32. The Bertz CT molecular complexity index is 335. The van der Waals surface area contributed by atoms with Crippen LogP contribution in [0.1, 0.15) is 20.3 Å². The molecule has 2 radical (unpaired) electrons. The zero-order valence-corrected chi connectivity index (χ0v) is 10.4. The van der Waals surface area contributed by atoms with Crippen LogP contribution in [0.25, 0.3) is 0 Å². The largest absolute Gasteiger partial charge is 0.389 e. The number of hydrogen-bond donors (Lipinski definition) is 3. The molecule has 2 aliphatic carbocycles. The Kier molecular flexibility index (Phi) is 2.75. The minimum absolute atomic E-state index is 0.127. The van der Waals surface area contributed by atoms with Gasteiger partial charge in [-0.25, -0.2) is 0 Å². The highest BCUT2D eigenvalue weighted by Gasteiger charge is 2.79. The highest BCUT2D eigenvalue weighted by Crippen LogP contribution is 2.74. The molecule has 2 rings (SSSR count). The summed E-state index contributed by atoms with van der Waals surface area (Å²) in [7, 11) is 4.07. The van der Waals surface area contributed by atoms with Crippen molar-refractivity contribution in [2.24, 2.45) is 11.3 Å². The molecule has 16 heavy (non-hydrogen) atoms. The van der Waals surface area contributed by atoms with Crippen LogP contribution in [0.3, 0.4) is 0 Å². The summed E-state index contributed by atoms with van der Waals surface area (Å²) in [5.74, 6) is -1.75. The number of aliphatic hydroxyl groups is 3. The van der Waals surface area contributed by atoms with E-state index in [1.807, 2.05) is 0 Å². The normalized spacial score (nSPS) is 53.3. The first-order valence-electron chi connectivity index (χ1n) is 5.58. The van der Waals surface area contributed by atoms with Gasteiger partial charge in [0.2, 0.25) is 0 Å². The molecule has 0 spiro atoms. The van der Waals surface area contributed by atoms with Crippen LogP contribution < -0.4 is 0 Å². The van der Waals surface area contributed by atoms with Crippen LogP contribution >= 0.6 is 7.80 Å². The monoisotopic (exact) mass is 243 g/mol. The molecule has 7 atom stereocenters. The lowest BCUT2D eigenvalue weighted by molar-refractivity contribution is -0.0866. The Morgan fingerprint density at radius 1 is 1.62 bits per heavy atom. The molecule has 4 nitrogen and oxygen atoms in total. The number of hydrogen-bond acceptors (Lipinski definition) is 4. The van der Waals surface area contributed by atoms with Crippen molar-refractivity contribution in [2.45, 2.75) is 43.6 Å². The molecule has 0 aromatic carbocycles. The average Bonchev–Trinajstić information content (AvgIpc) is 2.97. The fourth-order valence-electron chi connectivity index (χ4n) is 3.11. The van der Waals surface area contributed by atoms with Gasteiger partial charge >= 0.3 is 7.80 Å². The number of aliphatic hydroxyl groups excluding tert-OH is 2. The molecule has 2 fully saturated rings. The number of fused-ring (bicyclic) bond motifs is 1. The molecular formula is C10H17BO4P+. The van der Waals surface area contributed by atoms with Crippen LogP contribution in [0, 0.1) is 11.3 Å². The molecule has 0 heterocycles. The lowest BCUT2D eigenvalue weighted by Crippen LogP contribution is -2.46. The van der Waals surface area contributed by atoms with Crippen molar-refractivity contribution in [1.82, 2.24) is 0 Å². The Morgan fingerprint density at radius 3 is 2.56 bits per heavy atom. The van der Waals surface area contributed by atoms with Gasteiger partial charge in [0.05, 0.1) is 25.0 Å². The van der Waals surface area contributed by atoms with Crippen LogP contribution in [-0.4, -0.2) is 46.9 Å². The van der Waals surface area contributed by atoms with E-state index in [2.05, 4.69) is 0 Å². The van der Waals surface area contributed by atoms with Crippen LogP contribution in [-0.2, 0) is 4.57 Å². The van der Waals surface area contributed by atoms with Crippen LogP contribution in [0.4, 0.5) is 0 Å². The molecule has 2 saturated carbocycles. The third-order valence-corrected chi connectivity index (χ3v) is 5.99. The molecule has 3 unspecified atom stereocenters. The van der Waals surface area contributed by atoms with Crippen molar-refractivity contribution in [1.29, 1.82) is 0 Å². The molecule has 0 aromatic rings. The fourth-order valence-corrected chi connectivity index (χ4v) is 4.43. The van der Waals surface area contributed by atoms with Crippen LogP contribution in [0.5, 0.6) is 0 Å². The molecule has 0 amide bonds. The zero-order chi connectivity index (χ0) is 12.3. The lowest BCUT2D eigenvalue weighted by atomic mass is 9.72. The summed E-state index contributed by atoms with van der Waals surface area (Å²) in [6, 6.07) is 0. The van der Waals surface area contributed by atoms with Gasteiger partial charge in [0, 0.05) is 0 Å². The summed E-state index contributed by atoms with van der Waals surface area (Å²) in [4.78, 5) is 0. The van der Waals surface area contributed by atoms with E-state index >= 15 is 0 Å². The quantitative estimate of drug-likeness (QED) is 0.490. The van der Waals surface area contributed by atoms with E-state index in [4.69, 9.17) is 7.85 Å². The third-order valence-electron chi connectivity index (χ3n) is 4.34. The van der Waals surface area contributed by atoms with E-state index in [-0.39, 0.29) is 5.92 Å². The molecule has 6 heteroatoms. The highest BCUT2D eigenvalue weighted by molar-refractivity contribution is 7.45. The van der Waals surface area contributed by atoms with Crippen molar-refractivity contribution in [3.05, 3.63) is 0 Å². The zero-order valence-electron chi connectivity index (χ0n) is 9.50. The summed E-state index contributed by atoms with van der Waals surface area (Å²) in [6.45, 7) is 3.21. The summed E-state index contributed by atoms with van der Waals surface area (Å²) < 4.78 is 11.7. The molecule has 0 aromatic heterocycles. The van der Waals surface area contributed by atoms with Gasteiger partial charge in [0.15, 0.2) is 0 Å². The first kappa shape index (κ1) is 12.5. The highest BCUT2D eigenvalue weighted by atomic mass is 31.1. The van der Waals surface area contributed by atoms with Crippen LogP contribution in [0.2, 0.25) is 5.82 Å². The van der Waals surface area contributed by atoms with Gasteiger partial charge in [-0.2, -0.15) is 0 Å². The van der Waals surface area contributed by atoms with E-state index in [0.29, 0.717) is 12.6 Å². The molecule has 0 aliphatic heterocycles. The molecule has 2 aliphatic rings. The topological polar surface area (TPSA) is 77.8 Å². The van der Waals surface area contributed by atoms with E-state index in [1.54, 1.807) is 6.92 Å². The van der Waals surface area contributed by atoms with Gasteiger partial charge in [0.1, 0.15) is 6.16 Å². The van der Waals surface area contributed by atoms with E-state index < -0.39 is 36.6 Å². The van der Waals surface area contributed by atoms with E-state index in [1.165, 1.54) is 6.92 Å². The predicted molar refractivity (Wildman–Crippen MR) is 60.8 cm³/mol. The molecular weight excluding hydrogens is 226 g/mol.